The van der Waals surface area contributed by atoms with Crippen molar-refractivity contribution >= 4 is 27.4 Å². The number of sulfonamides is 1. The maximum absolute atomic E-state index is 12.5. The first-order valence-corrected chi connectivity index (χ1v) is 11.6. The Balaban J connectivity index is 1.35. The fourth-order valence-corrected chi connectivity index (χ4v) is 3.98. The molecule has 1 amide bonds. The smallest absolute Gasteiger partial charge is 0.263 e. The number of anilines is 2. The van der Waals surface area contributed by atoms with Gasteiger partial charge in [0.1, 0.15) is 18.2 Å². The highest BCUT2D eigenvalue weighted by Gasteiger charge is 2.15. The molecule has 166 valence electrons. The van der Waals surface area contributed by atoms with E-state index in [-0.39, 0.29) is 16.6 Å². The summed E-state index contributed by atoms with van der Waals surface area (Å²) in [6.07, 6.45) is 1.50. The molecule has 8 heteroatoms. The van der Waals surface area contributed by atoms with Gasteiger partial charge >= 0.3 is 0 Å². The van der Waals surface area contributed by atoms with Crippen LogP contribution in [0, 0.1) is 0 Å². The number of aromatic nitrogens is 1. The van der Waals surface area contributed by atoms with Crippen LogP contribution in [0.25, 0.3) is 0 Å². The standard InChI is InChI=1S/C25H21N3O4S/c29-25(20-11-9-19(10-12-20)18-32-22-6-2-1-3-7-22)27-21-13-15-23(16-14-21)33(30,31)28-24-8-4-5-17-26-24/h1-17H,18H2,(H,26,28)(H,27,29). The van der Waals surface area contributed by atoms with Gasteiger partial charge in [0.05, 0.1) is 4.90 Å². The Morgan fingerprint density at radius 2 is 1.52 bits per heavy atom. The molecule has 1 aromatic heterocycles. The van der Waals surface area contributed by atoms with Crippen LogP contribution < -0.4 is 14.8 Å². The van der Waals surface area contributed by atoms with E-state index in [2.05, 4.69) is 15.0 Å². The third-order valence-electron chi connectivity index (χ3n) is 4.69. The third-order valence-corrected chi connectivity index (χ3v) is 6.06. The molecule has 3 aromatic carbocycles. The molecule has 0 saturated heterocycles. The summed E-state index contributed by atoms with van der Waals surface area (Å²) in [5, 5.41) is 2.77. The van der Waals surface area contributed by atoms with Gasteiger partial charge < -0.3 is 10.1 Å². The van der Waals surface area contributed by atoms with Crippen LogP contribution >= 0.6 is 0 Å². The monoisotopic (exact) mass is 459 g/mol. The Kier molecular flexibility index (Phi) is 6.66. The van der Waals surface area contributed by atoms with E-state index in [0.29, 0.717) is 17.9 Å². The van der Waals surface area contributed by atoms with E-state index in [4.69, 9.17) is 4.74 Å². The van der Waals surface area contributed by atoms with E-state index < -0.39 is 10.0 Å². The molecule has 0 radical (unpaired) electrons. The van der Waals surface area contributed by atoms with E-state index in [9.17, 15) is 13.2 Å². The normalized spacial score (nSPS) is 10.9. The maximum Gasteiger partial charge on any atom is 0.263 e. The molecule has 4 rings (SSSR count). The summed E-state index contributed by atoms with van der Waals surface area (Å²) in [6.45, 7) is 0.397. The number of pyridine rings is 1. The Morgan fingerprint density at radius 3 is 2.18 bits per heavy atom. The number of carbonyl (C=O) groups is 1. The van der Waals surface area contributed by atoms with Crippen LogP contribution in [-0.4, -0.2) is 19.3 Å². The van der Waals surface area contributed by atoms with Crippen LogP contribution in [0.4, 0.5) is 11.5 Å². The summed E-state index contributed by atoms with van der Waals surface area (Å²) in [5.41, 5.74) is 1.89. The van der Waals surface area contributed by atoms with Gasteiger partial charge in [0.25, 0.3) is 15.9 Å². The molecule has 0 saturated carbocycles. The molecule has 2 N–H and O–H groups in total. The minimum Gasteiger partial charge on any atom is -0.489 e. The van der Waals surface area contributed by atoms with Gasteiger partial charge in [-0.05, 0) is 66.2 Å². The zero-order chi connectivity index (χ0) is 23.1. The molecular weight excluding hydrogens is 438 g/mol. The number of nitrogens with zero attached hydrogens (tertiary/aromatic N) is 1. The van der Waals surface area contributed by atoms with Gasteiger partial charge in [0.15, 0.2) is 0 Å². The van der Waals surface area contributed by atoms with Crippen LogP contribution in [0.5, 0.6) is 5.75 Å². The average molecular weight is 460 g/mol. The van der Waals surface area contributed by atoms with Gasteiger partial charge in [-0.25, -0.2) is 13.4 Å². The Hall–Kier alpha value is -4.17. The third kappa shape index (κ3) is 5.96. The number of hydrogen-bond donors (Lipinski definition) is 2. The summed E-state index contributed by atoms with van der Waals surface area (Å²) in [7, 11) is -3.78. The minimum atomic E-state index is -3.78. The zero-order valence-corrected chi connectivity index (χ0v) is 18.3. The predicted molar refractivity (Wildman–Crippen MR) is 127 cm³/mol. The van der Waals surface area contributed by atoms with Crippen molar-refractivity contribution < 1.29 is 17.9 Å². The number of rotatable bonds is 8. The average Bonchev–Trinajstić information content (AvgIpc) is 2.84. The number of carbonyl (C=O) groups excluding carboxylic acids is 1. The lowest BCUT2D eigenvalue weighted by Crippen LogP contribution is -2.14. The number of hydrogen-bond acceptors (Lipinski definition) is 5. The zero-order valence-electron chi connectivity index (χ0n) is 17.5. The second-order valence-electron chi connectivity index (χ2n) is 7.10. The first-order valence-electron chi connectivity index (χ1n) is 10.1. The topological polar surface area (TPSA) is 97.4 Å². The van der Waals surface area contributed by atoms with Crippen LogP contribution in [-0.2, 0) is 16.6 Å². The fraction of sp³-hybridized carbons (Fsp3) is 0.0400. The highest BCUT2D eigenvalue weighted by atomic mass is 32.2. The van der Waals surface area contributed by atoms with Crippen molar-refractivity contribution in [2.45, 2.75) is 11.5 Å². The van der Waals surface area contributed by atoms with Crippen molar-refractivity contribution in [2.24, 2.45) is 0 Å². The Bertz CT molecular complexity index is 1310. The lowest BCUT2D eigenvalue weighted by Gasteiger charge is -2.10. The van der Waals surface area contributed by atoms with Crippen LogP contribution in [0.1, 0.15) is 15.9 Å². The van der Waals surface area contributed by atoms with Gasteiger partial charge in [0, 0.05) is 17.4 Å². The van der Waals surface area contributed by atoms with E-state index in [0.717, 1.165) is 11.3 Å². The van der Waals surface area contributed by atoms with Crippen LogP contribution in [0.3, 0.4) is 0 Å². The molecule has 1 heterocycles. The molecular formula is C25H21N3O4S. The summed E-state index contributed by atoms with van der Waals surface area (Å²) < 4.78 is 33.1. The molecule has 33 heavy (non-hydrogen) atoms. The molecule has 0 spiro atoms. The number of ether oxygens (including phenoxy) is 1. The van der Waals surface area contributed by atoms with Crippen molar-refractivity contribution in [1.29, 1.82) is 0 Å². The molecule has 0 aliphatic heterocycles. The summed E-state index contributed by atoms with van der Waals surface area (Å²) in [6, 6.07) is 27.4. The molecule has 4 aromatic rings. The maximum atomic E-state index is 12.5. The van der Waals surface area contributed by atoms with Gasteiger partial charge in [-0.3, -0.25) is 9.52 Å². The summed E-state index contributed by atoms with van der Waals surface area (Å²) in [4.78, 5) is 16.6. The lowest BCUT2D eigenvalue weighted by molar-refractivity contribution is 0.102. The number of para-hydroxylation sites is 1. The first-order chi connectivity index (χ1) is 16.0. The molecule has 0 aliphatic carbocycles. The fourth-order valence-electron chi connectivity index (χ4n) is 2.98. The van der Waals surface area contributed by atoms with Crippen molar-refractivity contribution in [3.8, 4) is 5.75 Å². The van der Waals surface area contributed by atoms with Gasteiger partial charge in [-0.2, -0.15) is 0 Å². The predicted octanol–water partition coefficient (Wildman–Crippen LogP) is 4.71. The Morgan fingerprint density at radius 1 is 0.818 bits per heavy atom. The molecule has 0 unspecified atom stereocenters. The highest BCUT2D eigenvalue weighted by molar-refractivity contribution is 7.92. The van der Waals surface area contributed by atoms with Crippen molar-refractivity contribution in [1.82, 2.24) is 4.98 Å². The van der Waals surface area contributed by atoms with E-state index in [1.807, 2.05) is 42.5 Å². The second kappa shape index (κ2) is 9.97. The number of benzene rings is 3. The number of nitrogens with one attached hydrogen (secondary N) is 2. The Labute approximate surface area is 192 Å². The highest BCUT2D eigenvalue weighted by Crippen LogP contribution is 2.18. The largest absolute Gasteiger partial charge is 0.489 e. The van der Waals surface area contributed by atoms with Crippen LogP contribution in [0.15, 0.2) is 108 Å². The van der Waals surface area contributed by atoms with E-state index in [1.165, 1.54) is 30.5 Å². The SMILES string of the molecule is O=C(Nc1ccc(S(=O)(=O)Nc2ccccn2)cc1)c1ccc(COc2ccccc2)cc1. The van der Waals surface area contributed by atoms with Gasteiger partial charge in [-0.15, -0.1) is 0 Å². The summed E-state index contributed by atoms with van der Waals surface area (Å²) in [5.74, 6) is 0.709. The first kappa shape index (κ1) is 22.0. The molecule has 0 fully saturated rings. The quantitative estimate of drug-likeness (QED) is 0.398. The van der Waals surface area contributed by atoms with Gasteiger partial charge in [0.2, 0.25) is 0 Å². The van der Waals surface area contributed by atoms with Gasteiger partial charge in [-0.1, -0.05) is 36.4 Å². The van der Waals surface area contributed by atoms with Crippen molar-refractivity contribution in [3.63, 3.8) is 0 Å². The molecule has 0 bridgehead atoms. The second-order valence-corrected chi connectivity index (χ2v) is 8.78. The van der Waals surface area contributed by atoms with Crippen molar-refractivity contribution in [2.75, 3.05) is 10.0 Å². The minimum absolute atomic E-state index is 0.0638. The lowest BCUT2D eigenvalue weighted by atomic mass is 10.1. The molecule has 0 atom stereocenters. The molecule has 0 aliphatic rings. The molecule has 7 nitrogen and oxygen atoms in total. The number of amides is 1. The van der Waals surface area contributed by atoms with Crippen molar-refractivity contribution in [3.05, 3.63) is 114 Å². The van der Waals surface area contributed by atoms with E-state index >= 15 is 0 Å². The van der Waals surface area contributed by atoms with Crippen LogP contribution in [0.2, 0.25) is 0 Å². The van der Waals surface area contributed by atoms with E-state index in [1.54, 1.807) is 30.3 Å². The summed E-state index contributed by atoms with van der Waals surface area (Å²) >= 11 is 0.